The van der Waals surface area contributed by atoms with Crippen LogP contribution in [-0.2, 0) is 11.0 Å². The highest BCUT2D eigenvalue weighted by Gasteiger charge is 2.53. The van der Waals surface area contributed by atoms with E-state index >= 15 is 0 Å². The fraction of sp³-hybridized carbons (Fsp3) is 0.500. The number of urea groups is 1. The number of hydrogen-bond acceptors (Lipinski definition) is 3. The van der Waals surface area contributed by atoms with Gasteiger partial charge in [0, 0.05) is 19.1 Å². The van der Waals surface area contributed by atoms with Crippen LogP contribution in [0.2, 0.25) is 0 Å². The van der Waals surface area contributed by atoms with Crippen molar-refractivity contribution < 1.29 is 27.6 Å². The molecule has 2 saturated heterocycles. The number of halogens is 3. The van der Waals surface area contributed by atoms with Crippen molar-refractivity contribution in [1.29, 1.82) is 0 Å². The van der Waals surface area contributed by atoms with Gasteiger partial charge < -0.3 is 10.2 Å². The molecule has 0 bridgehead atoms. The largest absolute Gasteiger partial charge is 0.417 e. The first-order chi connectivity index (χ1) is 12.6. The average Bonchev–Trinajstić information content (AvgIpc) is 2.84. The number of imide groups is 1. The van der Waals surface area contributed by atoms with Crippen molar-refractivity contribution in [3.05, 3.63) is 35.4 Å². The third-order valence-electron chi connectivity index (χ3n) is 5.08. The van der Waals surface area contributed by atoms with Gasteiger partial charge in [-0.1, -0.05) is 12.1 Å². The second-order valence-corrected chi connectivity index (χ2v) is 7.12. The van der Waals surface area contributed by atoms with Gasteiger partial charge in [0.1, 0.15) is 5.54 Å². The van der Waals surface area contributed by atoms with Gasteiger partial charge in [-0.2, -0.15) is 13.2 Å². The molecule has 146 valence electrons. The topological polar surface area (TPSA) is 69.7 Å². The summed E-state index contributed by atoms with van der Waals surface area (Å²) < 4.78 is 39.5. The minimum Gasteiger partial charge on any atom is -0.338 e. The maximum atomic E-state index is 13.2. The van der Waals surface area contributed by atoms with E-state index in [1.807, 2.05) is 0 Å². The van der Waals surface area contributed by atoms with E-state index in [1.54, 1.807) is 13.8 Å². The summed E-state index contributed by atoms with van der Waals surface area (Å²) in [4.78, 5) is 39.8. The zero-order chi connectivity index (χ0) is 20.0. The second-order valence-electron chi connectivity index (χ2n) is 7.12. The van der Waals surface area contributed by atoms with Crippen LogP contribution < -0.4 is 5.32 Å². The highest BCUT2D eigenvalue weighted by Crippen LogP contribution is 2.34. The molecule has 2 fully saturated rings. The standard InChI is InChI=1S/C18H20F3N3O3/c1-11(2)24-15(26)17(22-16(24)27)7-9-23(10-8-17)14(25)12-5-3-4-6-13(12)18(19,20)21/h3-6,11H,7-10H2,1-2H3,(H,22,27). The highest BCUT2D eigenvalue weighted by atomic mass is 19.4. The summed E-state index contributed by atoms with van der Waals surface area (Å²) >= 11 is 0. The molecular weight excluding hydrogens is 363 g/mol. The fourth-order valence-corrected chi connectivity index (χ4v) is 3.63. The van der Waals surface area contributed by atoms with Crippen molar-refractivity contribution in [2.75, 3.05) is 13.1 Å². The summed E-state index contributed by atoms with van der Waals surface area (Å²) in [6.45, 7) is 3.62. The Morgan fingerprint density at radius 1 is 1.15 bits per heavy atom. The predicted molar refractivity (Wildman–Crippen MR) is 89.8 cm³/mol. The van der Waals surface area contributed by atoms with E-state index < -0.39 is 34.8 Å². The molecule has 2 aliphatic rings. The van der Waals surface area contributed by atoms with E-state index in [-0.39, 0.29) is 37.9 Å². The first-order valence-electron chi connectivity index (χ1n) is 8.68. The summed E-state index contributed by atoms with van der Waals surface area (Å²) in [5, 5.41) is 2.70. The van der Waals surface area contributed by atoms with Crippen molar-refractivity contribution in [2.24, 2.45) is 0 Å². The number of piperidine rings is 1. The maximum Gasteiger partial charge on any atom is 0.417 e. The van der Waals surface area contributed by atoms with Gasteiger partial charge in [-0.25, -0.2) is 4.79 Å². The van der Waals surface area contributed by atoms with Gasteiger partial charge in [0.25, 0.3) is 11.8 Å². The summed E-state index contributed by atoms with van der Waals surface area (Å²) in [7, 11) is 0. The van der Waals surface area contributed by atoms with Crippen LogP contribution >= 0.6 is 0 Å². The number of likely N-dealkylation sites (tertiary alicyclic amines) is 1. The number of carbonyl (C=O) groups is 3. The van der Waals surface area contributed by atoms with E-state index in [4.69, 9.17) is 0 Å². The number of benzene rings is 1. The quantitative estimate of drug-likeness (QED) is 0.799. The molecule has 0 aromatic heterocycles. The summed E-state index contributed by atoms with van der Waals surface area (Å²) in [6.07, 6.45) is -4.29. The van der Waals surface area contributed by atoms with E-state index in [2.05, 4.69) is 5.32 Å². The van der Waals surface area contributed by atoms with Gasteiger partial charge in [0.2, 0.25) is 0 Å². The van der Waals surface area contributed by atoms with Crippen molar-refractivity contribution in [3.63, 3.8) is 0 Å². The Morgan fingerprint density at radius 3 is 2.26 bits per heavy atom. The second kappa shape index (κ2) is 6.54. The Hall–Kier alpha value is -2.58. The third kappa shape index (κ3) is 3.26. The molecule has 1 N–H and O–H groups in total. The van der Waals surface area contributed by atoms with Gasteiger partial charge in [-0.15, -0.1) is 0 Å². The highest BCUT2D eigenvalue weighted by molar-refractivity contribution is 6.07. The molecule has 9 heteroatoms. The van der Waals surface area contributed by atoms with Crippen molar-refractivity contribution in [3.8, 4) is 0 Å². The Morgan fingerprint density at radius 2 is 1.74 bits per heavy atom. The molecule has 2 heterocycles. The average molecular weight is 383 g/mol. The van der Waals surface area contributed by atoms with Crippen LogP contribution in [0.4, 0.5) is 18.0 Å². The fourth-order valence-electron chi connectivity index (χ4n) is 3.63. The normalized spacial score (nSPS) is 19.8. The molecule has 0 saturated carbocycles. The number of hydrogen-bond donors (Lipinski definition) is 1. The molecule has 2 aliphatic heterocycles. The van der Waals surface area contributed by atoms with E-state index in [9.17, 15) is 27.6 Å². The maximum absolute atomic E-state index is 13.2. The third-order valence-corrected chi connectivity index (χ3v) is 5.08. The van der Waals surface area contributed by atoms with Crippen molar-refractivity contribution in [2.45, 2.75) is 44.4 Å². The van der Waals surface area contributed by atoms with Crippen molar-refractivity contribution >= 4 is 17.8 Å². The van der Waals surface area contributed by atoms with Crippen LogP contribution in [0.5, 0.6) is 0 Å². The Labute approximate surface area is 154 Å². The monoisotopic (exact) mass is 383 g/mol. The lowest BCUT2D eigenvalue weighted by Crippen LogP contribution is -2.56. The lowest BCUT2D eigenvalue weighted by molar-refractivity contribution is -0.138. The van der Waals surface area contributed by atoms with Gasteiger partial charge in [-0.3, -0.25) is 14.5 Å². The molecule has 0 aliphatic carbocycles. The van der Waals surface area contributed by atoms with Gasteiger partial charge >= 0.3 is 12.2 Å². The number of alkyl halides is 3. The van der Waals surface area contributed by atoms with Gasteiger partial charge in [0.05, 0.1) is 11.1 Å². The number of rotatable bonds is 2. The zero-order valence-corrected chi connectivity index (χ0v) is 15.0. The molecule has 3 rings (SSSR count). The van der Waals surface area contributed by atoms with Gasteiger partial charge in [0.15, 0.2) is 0 Å². The van der Waals surface area contributed by atoms with Crippen LogP contribution in [0.3, 0.4) is 0 Å². The molecular formula is C18H20F3N3O3. The summed E-state index contributed by atoms with van der Waals surface area (Å²) in [5.74, 6) is -1.07. The van der Waals surface area contributed by atoms with Crippen LogP contribution in [-0.4, -0.2) is 52.3 Å². The Bertz CT molecular complexity index is 784. The Balaban J connectivity index is 1.77. The number of amides is 4. The lowest BCUT2D eigenvalue weighted by atomic mass is 9.87. The molecule has 1 spiro atoms. The molecule has 4 amide bonds. The molecule has 27 heavy (non-hydrogen) atoms. The smallest absolute Gasteiger partial charge is 0.338 e. The number of carbonyl (C=O) groups excluding carboxylic acids is 3. The Kier molecular flexibility index (Phi) is 4.65. The minimum atomic E-state index is -4.63. The van der Waals surface area contributed by atoms with Crippen LogP contribution in [0.1, 0.15) is 42.6 Å². The minimum absolute atomic E-state index is 0.0863. The lowest BCUT2D eigenvalue weighted by Gasteiger charge is -2.37. The van der Waals surface area contributed by atoms with Gasteiger partial charge in [-0.05, 0) is 38.8 Å². The first kappa shape index (κ1) is 19.2. The molecule has 6 nitrogen and oxygen atoms in total. The van der Waals surface area contributed by atoms with E-state index in [1.165, 1.54) is 17.0 Å². The molecule has 1 aromatic carbocycles. The molecule has 1 aromatic rings. The summed E-state index contributed by atoms with van der Waals surface area (Å²) in [6, 6.07) is 3.87. The first-order valence-corrected chi connectivity index (χ1v) is 8.68. The predicted octanol–water partition coefficient (Wildman–Crippen LogP) is 2.64. The molecule has 0 unspecified atom stereocenters. The zero-order valence-electron chi connectivity index (χ0n) is 15.0. The van der Waals surface area contributed by atoms with Crippen molar-refractivity contribution in [1.82, 2.24) is 15.1 Å². The van der Waals surface area contributed by atoms with Crippen LogP contribution in [0, 0.1) is 0 Å². The van der Waals surface area contributed by atoms with Crippen LogP contribution in [0.15, 0.2) is 24.3 Å². The number of nitrogens with zero attached hydrogens (tertiary/aromatic N) is 2. The molecule has 0 atom stereocenters. The summed E-state index contributed by atoms with van der Waals surface area (Å²) in [5.41, 5.74) is -2.47. The van der Waals surface area contributed by atoms with E-state index in [0.29, 0.717) is 0 Å². The van der Waals surface area contributed by atoms with E-state index in [0.717, 1.165) is 17.0 Å². The number of nitrogens with one attached hydrogen (secondary N) is 1. The molecule has 0 radical (unpaired) electrons. The SMILES string of the molecule is CC(C)N1C(=O)NC2(CCN(C(=O)c3ccccc3C(F)(F)F)CC2)C1=O. The van der Waals surface area contributed by atoms with Crippen LogP contribution in [0.25, 0.3) is 0 Å².